The fraction of sp³-hybridized carbons (Fsp3) is 0.185. The molecule has 0 saturated carbocycles. The van der Waals surface area contributed by atoms with E-state index < -0.39 is 10.0 Å². The second kappa shape index (κ2) is 8.94. The van der Waals surface area contributed by atoms with Gasteiger partial charge in [-0.25, -0.2) is 8.42 Å². The van der Waals surface area contributed by atoms with Crippen molar-refractivity contribution in [3.8, 4) is 0 Å². The average Bonchev–Trinajstić information content (AvgIpc) is 2.82. The lowest BCUT2D eigenvalue weighted by Crippen LogP contribution is -2.31. The van der Waals surface area contributed by atoms with E-state index in [1.54, 1.807) is 6.07 Å². The Kier molecular flexibility index (Phi) is 6.10. The average molecular weight is 430 g/mol. The molecule has 0 aromatic heterocycles. The standard InChI is InChI=1S/C27H27NO2S/c1-3-22-14-11-15-23-18-19-26(25(4-2)27(22)23)31(29,30)28(24-16-9-6-10-17-24)20-21-12-7-5-8-13-21/h5-19H,3-4,20H2,1-2H3. The highest BCUT2D eigenvalue weighted by Gasteiger charge is 2.28. The van der Waals surface area contributed by atoms with Crippen LogP contribution in [0.5, 0.6) is 0 Å². The highest BCUT2D eigenvalue weighted by Crippen LogP contribution is 2.33. The molecule has 0 bridgehead atoms. The smallest absolute Gasteiger partial charge is 0.262 e. The summed E-state index contributed by atoms with van der Waals surface area (Å²) in [5, 5.41) is 2.16. The molecule has 0 amide bonds. The first-order chi connectivity index (χ1) is 15.1. The Hall–Kier alpha value is -3.11. The van der Waals surface area contributed by atoms with Crippen LogP contribution in [0.1, 0.15) is 30.5 Å². The quantitative estimate of drug-likeness (QED) is 0.343. The third-order valence-corrected chi connectivity index (χ3v) is 7.57. The van der Waals surface area contributed by atoms with Crippen LogP contribution in [-0.4, -0.2) is 8.42 Å². The van der Waals surface area contributed by atoms with E-state index >= 15 is 0 Å². The number of hydrogen-bond acceptors (Lipinski definition) is 2. The van der Waals surface area contributed by atoms with Gasteiger partial charge in [-0.05, 0) is 58.5 Å². The predicted octanol–water partition coefficient (Wildman–Crippen LogP) is 6.36. The first-order valence-electron chi connectivity index (χ1n) is 10.7. The van der Waals surface area contributed by atoms with Gasteiger partial charge in [0.15, 0.2) is 0 Å². The number of rotatable bonds is 7. The molecule has 0 spiro atoms. The van der Waals surface area contributed by atoms with Gasteiger partial charge in [0.1, 0.15) is 0 Å². The Morgan fingerprint density at radius 1 is 0.710 bits per heavy atom. The second-order valence-electron chi connectivity index (χ2n) is 7.60. The van der Waals surface area contributed by atoms with Gasteiger partial charge in [-0.2, -0.15) is 0 Å². The van der Waals surface area contributed by atoms with Crippen LogP contribution in [0.4, 0.5) is 5.69 Å². The van der Waals surface area contributed by atoms with E-state index in [0.717, 1.165) is 28.3 Å². The fourth-order valence-electron chi connectivity index (χ4n) is 4.18. The number of para-hydroxylation sites is 1. The number of anilines is 1. The minimum atomic E-state index is -3.78. The second-order valence-corrected chi connectivity index (χ2v) is 9.43. The molecular formula is C27H27NO2S. The maximum atomic E-state index is 14.1. The molecule has 0 aliphatic rings. The van der Waals surface area contributed by atoms with Crippen molar-refractivity contribution < 1.29 is 8.42 Å². The summed E-state index contributed by atoms with van der Waals surface area (Å²) in [5.41, 5.74) is 3.69. The zero-order valence-electron chi connectivity index (χ0n) is 18.0. The molecule has 31 heavy (non-hydrogen) atoms. The minimum absolute atomic E-state index is 0.282. The Bertz CT molecular complexity index is 1280. The van der Waals surface area contributed by atoms with Gasteiger partial charge in [-0.1, -0.05) is 86.6 Å². The zero-order valence-corrected chi connectivity index (χ0v) is 18.8. The Balaban J connectivity index is 1.92. The highest BCUT2D eigenvalue weighted by molar-refractivity contribution is 7.92. The van der Waals surface area contributed by atoms with Gasteiger partial charge in [0.25, 0.3) is 10.0 Å². The summed E-state index contributed by atoms with van der Waals surface area (Å²) < 4.78 is 29.7. The van der Waals surface area contributed by atoms with Crippen LogP contribution < -0.4 is 4.31 Å². The fourth-order valence-corrected chi connectivity index (χ4v) is 5.93. The number of fused-ring (bicyclic) bond motifs is 1. The maximum absolute atomic E-state index is 14.1. The van der Waals surface area contributed by atoms with Gasteiger partial charge in [-0.3, -0.25) is 4.31 Å². The number of hydrogen-bond donors (Lipinski definition) is 0. The van der Waals surface area contributed by atoms with E-state index in [1.165, 1.54) is 9.87 Å². The first-order valence-corrected chi connectivity index (χ1v) is 12.2. The lowest BCUT2D eigenvalue weighted by molar-refractivity contribution is 0.589. The number of benzene rings is 4. The summed E-state index contributed by atoms with van der Waals surface area (Å²) in [6, 6.07) is 29.0. The molecule has 0 unspecified atom stereocenters. The Morgan fingerprint density at radius 3 is 2.03 bits per heavy atom. The van der Waals surface area contributed by atoms with Crippen LogP contribution >= 0.6 is 0 Å². The third-order valence-electron chi connectivity index (χ3n) is 5.71. The first kappa shape index (κ1) is 21.1. The summed E-state index contributed by atoms with van der Waals surface area (Å²) in [6.45, 7) is 4.43. The van der Waals surface area contributed by atoms with Gasteiger partial charge in [0, 0.05) is 0 Å². The van der Waals surface area contributed by atoms with Crippen LogP contribution in [0, 0.1) is 0 Å². The molecule has 0 fully saturated rings. The lowest BCUT2D eigenvalue weighted by atomic mass is 9.96. The Morgan fingerprint density at radius 2 is 1.39 bits per heavy atom. The molecule has 4 aromatic rings. The van der Waals surface area contributed by atoms with E-state index in [4.69, 9.17) is 0 Å². The molecular weight excluding hydrogens is 402 g/mol. The van der Waals surface area contributed by atoms with E-state index in [2.05, 4.69) is 19.1 Å². The topological polar surface area (TPSA) is 37.4 Å². The molecule has 4 aromatic carbocycles. The largest absolute Gasteiger partial charge is 0.264 e. The summed E-state index contributed by atoms with van der Waals surface area (Å²) in [4.78, 5) is 0.392. The van der Waals surface area contributed by atoms with Gasteiger partial charge in [-0.15, -0.1) is 0 Å². The van der Waals surface area contributed by atoms with Crippen molar-refractivity contribution in [2.24, 2.45) is 0 Å². The maximum Gasteiger partial charge on any atom is 0.264 e. The molecule has 4 heteroatoms. The molecule has 0 aliphatic heterocycles. The van der Waals surface area contributed by atoms with Crippen molar-refractivity contribution in [3.05, 3.63) is 108 Å². The van der Waals surface area contributed by atoms with Gasteiger partial charge < -0.3 is 0 Å². The molecule has 4 rings (SSSR count). The zero-order chi connectivity index (χ0) is 21.8. The van der Waals surface area contributed by atoms with Crippen LogP contribution in [0.3, 0.4) is 0 Å². The molecule has 158 valence electrons. The van der Waals surface area contributed by atoms with Crippen molar-refractivity contribution in [2.45, 2.75) is 38.1 Å². The minimum Gasteiger partial charge on any atom is -0.262 e. The highest BCUT2D eigenvalue weighted by atomic mass is 32.2. The number of aryl methyl sites for hydroxylation is 2. The van der Waals surface area contributed by atoms with E-state index in [1.807, 2.05) is 79.7 Å². The van der Waals surface area contributed by atoms with E-state index in [9.17, 15) is 8.42 Å². The molecule has 0 radical (unpaired) electrons. The van der Waals surface area contributed by atoms with Crippen molar-refractivity contribution in [2.75, 3.05) is 4.31 Å². The van der Waals surface area contributed by atoms with Gasteiger partial charge in [0.2, 0.25) is 0 Å². The normalized spacial score (nSPS) is 11.5. The van der Waals surface area contributed by atoms with Crippen LogP contribution in [-0.2, 0) is 29.4 Å². The summed E-state index contributed by atoms with van der Waals surface area (Å²) in [7, 11) is -3.78. The molecule has 0 saturated heterocycles. The summed E-state index contributed by atoms with van der Waals surface area (Å²) >= 11 is 0. The van der Waals surface area contributed by atoms with Crippen molar-refractivity contribution in [3.63, 3.8) is 0 Å². The number of nitrogens with zero attached hydrogens (tertiary/aromatic N) is 1. The van der Waals surface area contributed by atoms with Crippen molar-refractivity contribution >= 4 is 26.5 Å². The van der Waals surface area contributed by atoms with Crippen LogP contribution in [0.25, 0.3) is 10.8 Å². The van der Waals surface area contributed by atoms with Crippen molar-refractivity contribution in [1.82, 2.24) is 0 Å². The predicted molar refractivity (Wildman–Crippen MR) is 129 cm³/mol. The number of sulfonamides is 1. The molecule has 0 aliphatic carbocycles. The SMILES string of the molecule is CCc1cccc2ccc(S(=O)(=O)N(Cc3ccccc3)c3ccccc3)c(CC)c12. The summed E-state index contributed by atoms with van der Waals surface area (Å²) in [5.74, 6) is 0. The molecule has 0 heterocycles. The molecule has 0 atom stereocenters. The Labute approximate surface area is 185 Å². The van der Waals surface area contributed by atoms with Crippen LogP contribution in [0.15, 0.2) is 95.9 Å². The summed E-state index contributed by atoms with van der Waals surface area (Å²) in [6.07, 6.45) is 1.51. The molecule has 0 N–H and O–H groups in total. The van der Waals surface area contributed by atoms with Gasteiger partial charge >= 0.3 is 0 Å². The van der Waals surface area contributed by atoms with E-state index in [-0.39, 0.29) is 6.54 Å². The monoisotopic (exact) mass is 429 g/mol. The van der Waals surface area contributed by atoms with Crippen LogP contribution in [0.2, 0.25) is 0 Å². The van der Waals surface area contributed by atoms with Gasteiger partial charge in [0.05, 0.1) is 17.1 Å². The van der Waals surface area contributed by atoms with Crippen molar-refractivity contribution in [1.29, 1.82) is 0 Å². The molecule has 3 nitrogen and oxygen atoms in total. The lowest BCUT2D eigenvalue weighted by Gasteiger charge is -2.26. The van der Waals surface area contributed by atoms with E-state index in [0.29, 0.717) is 17.0 Å². The third kappa shape index (κ3) is 4.08.